The molecule has 1 rings (SSSR count). The maximum atomic E-state index is 10.8. The lowest BCUT2D eigenvalue weighted by molar-refractivity contribution is 0.859. The number of pyridine rings is 1. The molecule has 0 spiro atoms. The SMILES string of the molecule is Cn1c[c]cc(Cl)c1=O. The van der Waals surface area contributed by atoms with Crippen molar-refractivity contribution < 1.29 is 0 Å². The summed E-state index contributed by atoms with van der Waals surface area (Å²) >= 11 is 5.45. The van der Waals surface area contributed by atoms with Gasteiger partial charge in [-0.25, -0.2) is 0 Å². The molecule has 0 aliphatic heterocycles. The van der Waals surface area contributed by atoms with Crippen LogP contribution < -0.4 is 5.56 Å². The highest BCUT2D eigenvalue weighted by Gasteiger charge is 1.92. The molecule has 2 nitrogen and oxygen atoms in total. The van der Waals surface area contributed by atoms with E-state index in [1.165, 1.54) is 16.8 Å². The predicted molar refractivity (Wildman–Crippen MR) is 35.5 cm³/mol. The molecule has 1 aromatic rings. The van der Waals surface area contributed by atoms with Crippen molar-refractivity contribution in [3.8, 4) is 0 Å². The number of nitrogens with zero attached hydrogens (tertiary/aromatic N) is 1. The first-order chi connectivity index (χ1) is 4.22. The zero-order valence-electron chi connectivity index (χ0n) is 4.89. The number of rotatable bonds is 0. The first-order valence-electron chi connectivity index (χ1n) is 2.44. The molecular formula is C6H5ClNO. The molecule has 3 heteroatoms. The second-order valence-electron chi connectivity index (χ2n) is 1.70. The van der Waals surface area contributed by atoms with Crippen LogP contribution in [-0.4, -0.2) is 4.57 Å². The van der Waals surface area contributed by atoms with Gasteiger partial charge in [0.15, 0.2) is 0 Å². The third-order valence-corrected chi connectivity index (χ3v) is 1.27. The molecule has 1 heterocycles. The van der Waals surface area contributed by atoms with E-state index in [9.17, 15) is 4.79 Å². The summed E-state index contributed by atoms with van der Waals surface area (Å²) in [5.41, 5.74) is -0.185. The molecule has 1 radical (unpaired) electrons. The van der Waals surface area contributed by atoms with E-state index in [0.29, 0.717) is 0 Å². The molecule has 0 aliphatic carbocycles. The first-order valence-corrected chi connectivity index (χ1v) is 2.82. The van der Waals surface area contributed by atoms with E-state index in [1.54, 1.807) is 7.05 Å². The van der Waals surface area contributed by atoms with Crippen molar-refractivity contribution in [3.05, 3.63) is 33.7 Å². The molecule has 0 fully saturated rings. The number of hydrogen-bond acceptors (Lipinski definition) is 1. The van der Waals surface area contributed by atoms with Gasteiger partial charge < -0.3 is 4.57 Å². The lowest BCUT2D eigenvalue weighted by atomic mass is 10.5. The maximum Gasteiger partial charge on any atom is 0.269 e. The summed E-state index contributed by atoms with van der Waals surface area (Å²) in [6, 6.07) is 4.15. The normalized spacial score (nSPS) is 9.56. The third kappa shape index (κ3) is 1.13. The first kappa shape index (κ1) is 6.36. The fourth-order valence-electron chi connectivity index (χ4n) is 0.511. The average molecular weight is 143 g/mol. The van der Waals surface area contributed by atoms with Crippen LogP contribution in [0.2, 0.25) is 5.02 Å². The van der Waals surface area contributed by atoms with Crippen LogP contribution in [0.4, 0.5) is 0 Å². The van der Waals surface area contributed by atoms with Crippen molar-refractivity contribution in [2.24, 2.45) is 7.05 Å². The van der Waals surface area contributed by atoms with Crippen molar-refractivity contribution in [1.82, 2.24) is 4.57 Å². The minimum Gasteiger partial charge on any atom is -0.317 e. The van der Waals surface area contributed by atoms with Crippen molar-refractivity contribution in [1.29, 1.82) is 0 Å². The molecular weight excluding hydrogens is 138 g/mol. The summed E-state index contributed by atoms with van der Waals surface area (Å²) in [5.74, 6) is 0. The Morgan fingerprint density at radius 2 is 2.44 bits per heavy atom. The van der Waals surface area contributed by atoms with Gasteiger partial charge in [-0.1, -0.05) is 11.6 Å². The Balaban J connectivity index is 3.43. The van der Waals surface area contributed by atoms with Gasteiger partial charge in [-0.05, 0) is 6.07 Å². The largest absolute Gasteiger partial charge is 0.317 e. The van der Waals surface area contributed by atoms with Crippen LogP contribution in [0.5, 0.6) is 0 Å². The smallest absolute Gasteiger partial charge is 0.269 e. The number of aryl methyl sites for hydroxylation is 1. The van der Waals surface area contributed by atoms with E-state index >= 15 is 0 Å². The molecule has 0 unspecified atom stereocenters. The molecule has 9 heavy (non-hydrogen) atoms. The van der Waals surface area contributed by atoms with Gasteiger partial charge in [0.25, 0.3) is 5.56 Å². The summed E-state index contributed by atoms with van der Waals surface area (Å²) < 4.78 is 1.38. The van der Waals surface area contributed by atoms with Crippen LogP contribution >= 0.6 is 11.6 Å². The van der Waals surface area contributed by atoms with Gasteiger partial charge in [-0.2, -0.15) is 0 Å². The zero-order valence-corrected chi connectivity index (χ0v) is 5.64. The van der Waals surface area contributed by atoms with E-state index in [4.69, 9.17) is 11.6 Å². The summed E-state index contributed by atoms with van der Waals surface area (Å²) in [6.45, 7) is 0. The van der Waals surface area contributed by atoms with Gasteiger partial charge in [-0.3, -0.25) is 4.79 Å². The van der Waals surface area contributed by atoms with Crippen molar-refractivity contribution >= 4 is 11.6 Å². The van der Waals surface area contributed by atoms with Crippen LogP contribution in [0.25, 0.3) is 0 Å². The summed E-state index contributed by atoms with van der Waals surface area (Å²) in [5, 5.41) is 0.208. The molecule has 0 atom stereocenters. The van der Waals surface area contributed by atoms with Crippen molar-refractivity contribution in [2.75, 3.05) is 0 Å². The van der Waals surface area contributed by atoms with Gasteiger partial charge >= 0.3 is 0 Å². The topological polar surface area (TPSA) is 22.0 Å². The Morgan fingerprint density at radius 1 is 1.78 bits per heavy atom. The average Bonchev–Trinajstić information content (AvgIpc) is 1.83. The third-order valence-electron chi connectivity index (χ3n) is 1.00. The van der Waals surface area contributed by atoms with E-state index < -0.39 is 0 Å². The van der Waals surface area contributed by atoms with Crippen LogP contribution in [0.3, 0.4) is 0 Å². The van der Waals surface area contributed by atoms with Gasteiger partial charge in [0.05, 0.1) is 0 Å². The molecule has 0 amide bonds. The Bertz CT molecular complexity index is 243. The highest BCUT2D eigenvalue weighted by molar-refractivity contribution is 6.30. The Kier molecular flexibility index (Phi) is 1.58. The molecule has 0 saturated heterocycles. The number of aromatic nitrogens is 1. The molecule has 0 N–H and O–H groups in total. The quantitative estimate of drug-likeness (QED) is 0.526. The van der Waals surface area contributed by atoms with E-state index in [-0.39, 0.29) is 10.6 Å². The minimum absolute atomic E-state index is 0.185. The molecule has 1 aromatic heterocycles. The Morgan fingerprint density at radius 3 is 2.89 bits per heavy atom. The molecule has 0 saturated carbocycles. The standard InChI is InChI=1S/C6H5ClNO/c1-8-4-2-3-5(7)6(8)9/h3-4H,1H3. The van der Waals surface area contributed by atoms with Crippen molar-refractivity contribution in [3.63, 3.8) is 0 Å². The lowest BCUT2D eigenvalue weighted by Gasteiger charge is -1.92. The summed E-state index contributed by atoms with van der Waals surface area (Å²) in [4.78, 5) is 10.8. The van der Waals surface area contributed by atoms with E-state index in [1.807, 2.05) is 0 Å². The van der Waals surface area contributed by atoms with Gasteiger partial charge in [0, 0.05) is 19.3 Å². The minimum atomic E-state index is -0.185. The van der Waals surface area contributed by atoms with Crippen LogP contribution in [0, 0.1) is 6.07 Å². The highest BCUT2D eigenvalue weighted by atomic mass is 35.5. The maximum absolute atomic E-state index is 10.8. The van der Waals surface area contributed by atoms with Crippen LogP contribution in [0.1, 0.15) is 0 Å². The summed E-state index contributed by atoms with van der Waals surface area (Å²) in [7, 11) is 1.63. The number of hydrogen-bond donors (Lipinski definition) is 0. The molecule has 0 bridgehead atoms. The van der Waals surface area contributed by atoms with Crippen LogP contribution in [0.15, 0.2) is 17.1 Å². The molecule has 0 aliphatic rings. The summed E-state index contributed by atoms with van der Waals surface area (Å²) in [6.07, 6.45) is 1.54. The fourth-order valence-corrected chi connectivity index (χ4v) is 0.707. The van der Waals surface area contributed by atoms with Gasteiger partial charge in [0.2, 0.25) is 0 Å². The Labute approximate surface area is 57.7 Å². The zero-order chi connectivity index (χ0) is 6.85. The van der Waals surface area contributed by atoms with Gasteiger partial charge in [0.1, 0.15) is 5.02 Å². The molecule has 47 valence electrons. The molecule has 0 aromatic carbocycles. The second kappa shape index (κ2) is 2.23. The van der Waals surface area contributed by atoms with Gasteiger partial charge in [-0.15, -0.1) is 0 Å². The van der Waals surface area contributed by atoms with E-state index in [2.05, 4.69) is 6.07 Å². The van der Waals surface area contributed by atoms with Crippen LogP contribution in [-0.2, 0) is 7.05 Å². The highest BCUT2D eigenvalue weighted by Crippen LogP contribution is 1.95. The van der Waals surface area contributed by atoms with Crippen molar-refractivity contribution in [2.45, 2.75) is 0 Å². The lowest BCUT2D eigenvalue weighted by Crippen LogP contribution is -2.15. The monoisotopic (exact) mass is 142 g/mol. The number of halogens is 1. The second-order valence-corrected chi connectivity index (χ2v) is 2.11. The fraction of sp³-hybridized carbons (Fsp3) is 0.167. The Hall–Kier alpha value is -0.760. The van der Waals surface area contributed by atoms with E-state index in [0.717, 1.165) is 0 Å². The predicted octanol–water partition coefficient (Wildman–Crippen LogP) is 0.839.